The van der Waals surface area contributed by atoms with Crippen LogP contribution in [0.15, 0.2) is 12.1 Å². The van der Waals surface area contributed by atoms with Crippen molar-refractivity contribution in [3.05, 3.63) is 28.8 Å². The van der Waals surface area contributed by atoms with Gasteiger partial charge in [0.2, 0.25) is 0 Å². The molecule has 1 fully saturated rings. The Labute approximate surface area is 112 Å². The number of hydrogen-bond donors (Lipinski definition) is 2. The minimum absolute atomic E-state index is 0.161. The van der Waals surface area contributed by atoms with E-state index in [0.29, 0.717) is 0 Å². The SMILES string of the molecule is COc1cc(C)c(C(N)C2(C(=O)O)COC2)cc1C. The zero-order valence-corrected chi connectivity index (χ0v) is 11.4. The second-order valence-electron chi connectivity index (χ2n) is 5.11. The molecule has 5 nitrogen and oxygen atoms in total. The first-order valence-electron chi connectivity index (χ1n) is 6.14. The van der Waals surface area contributed by atoms with Gasteiger partial charge in [0.05, 0.1) is 26.4 Å². The van der Waals surface area contributed by atoms with Crippen molar-refractivity contribution in [1.29, 1.82) is 0 Å². The van der Waals surface area contributed by atoms with Gasteiger partial charge in [0, 0.05) is 0 Å². The first kappa shape index (κ1) is 13.8. The highest BCUT2D eigenvalue weighted by Gasteiger charge is 2.52. The van der Waals surface area contributed by atoms with Gasteiger partial charge in [-0.2, -0.15) is 0 Å². The molecule has 2 rings (SSSR count). The third-order valence-electron chi connectivity index (χ3n) is 3.86. The van der Waals surface area contributed by atoms with Crippen molar-refractivity contribution in [2.24, 2.45) is 11.1 Å². The smallest absolute Gasteiger partial charge is 0.316 e. The number of aliphatic carboxylic acids is 1. The minimum Gasteiger partial charge on any atom is -0.496 e. The Hall–Kier alpha value is -1.59. The maximum absolute atomic E-state index is 11.5. The highest BCUT2D eigenvalue weighted by Crippen LogP contribution is 2.41. The summed E-state index contributed by atoms with van der Waals surface area (Å²) in [5, 5.41) is 9.39. The minimum atomic E-state index is -1.01. The van der Waals surface area contributed by atoms with Crippen LogP contribution >= 0.6 is 0 Å². The molecule has 3 N–H and O–H groups in total. The van der Waals surface area contributed by atoms with Crippen molar-refractivity contribution in [2.45, 2.75) is 19.9 Å². The van der Waals surface area contributed by atoms with Gasteiger partial charge in [0.15, 0.2) is 0 Å². The van der Waals surface area contributed by atoms with E-state index in [9.17, 15) is 9.90 Å². The van der Waals surface area contributed by atoms with Crippen LogP contribution in [0.2, 0.25) is 0 Å². The van der Waals surface area contributed by atoms with Gasteiger partial charge in [-0.25, -0.2) is 0 Å². The summed E-state index contributed by atoms with van der Waals surface area (Å²) < 4.78 is 10.3. The van der Waals surface area contributed by atoms with Crippen LogP contribution in [0.3, 0.4) is 0 Å². The predicted octanol–water partition coefficient (Wildman–Crippen LogP) is 1.41. The summed E-state index contributed by atoms with van der Waals surface area (Å²) >= 11 is 0. The van der Waals surface area contributed by atoms with Crippen molar-refractivity contribution in [3.63, 3.8) is 0 Å². The first-order chi connectivity index (χ1) is 8.92. The number of methoxy groups -OCH3 is 1. The number of carboxylic acid groups (broad SMARTS) is 1. The van der Waals surface area contributed by atoms with Crippen LogP contribution in [0, 0.1) is 19.3 Å². The van der Waals surface area contributed by atoms with Crippen LogP contribution in [-0.2, 0) is 9.53 Å². The fourth-order valence-electron chi connectivity index (χ4n) is 2.42. The summed E-state index contributed by atoms with van der Waals surface area (Å²) in [5.41, 5.74) is 7.90. The van der Waals surface area contributed by atoms with Gasteiger partial charge in [-0.1, -0.05) is 6.07 Å². The standard InChI is InChI=1S/C14H19NO4/c1-8-5-11(18-3)9(2)4-10(8)12(15)14(13(16)17)6-19-7-14/h4-5,12H,6-7,15H2,1-3H3,(H,16,17). The van der Waals surface area contributed by atoms with Crippen LogP contribution in [-0.4, -0.2) is 31.4 Å². The maximum Gasteiger partial charge on any atom is 0.316 e. The molecule has 1 aromatic carbocycles. The fraction of sp³-hybridized carbons (Fsp3) is 0.500. The monoisotopic (exact) mass is 265 g/mol. The summed E-state index contributed by atoms with van der Waals surface area (Å²) in [6.07, 6.45) is 0. The van der Waals surface area contributed by atoms with E-state index in [1.165, 1.54) is 0 Å². The zero-order chi connectivity index (χ0) is 14.2. The summed E-state index contributed by atoms with van der Waals surface area (Å²) in [6, 6.07) is 3.21. The average molecular weight is 265 g/mol. The van der Waals surface area contributed by atoms with Crippen molar-refractivity contribution >= 4 is 5.97 Å². The van der Waals surface area contributed by atoms with E-state index < -0.39 is 17.4 Å². The molecule has 5 heteroatoms. The molecule has 0 aliphatic carbocycles. The molecule has 0 amide bonds. The molecule has 1 aromatic rings. The van der Waals surface area contributed by atoms with Crippen LogP contribution in [0.5, 0.6) is 5.75 Å². The summed E-state index contributed by atoms with van der Waals surface area (Å²) in [4.78, 5) is 11.5. The number of carboxylic acids is 1. The highest BCUT2D eigenvalue weighted by atomic mass is 16.5. The number of benzene rings is 1. The molecule has 0 spiro atoms. The van der Waals surface area contributed by atoms with Crippen molar-refractivity contribution in [3.8, 4) is 5.75 Å². The molecule has 104 valence electrons. The van der Waals surface area contributed by atoms with Gasteiger partial charge in [0.25, 0.3) is 0 Å². The van der Waals surface area contributed by atoms with Crippen molar-refractivity contribution < 1.29 is 19.4 Å². The van der Waals surface area contributed by atoms with E-state index in [1.807, 2.05) is 26.0 Å². The molecule has 1 aliphatic heterocycles. The third-order valence-corrected chi connectivity index (χ3v) is 3.86. The topological polar surface area (TPSA) is 81.8 Å². The lowest BCUT2D eigenvalue weighted by Crippen LogP contribution is -2.55. The lowest BCUT2D eigenvalue weighted by molar-refractivity contribution is -0.184. The van der Waals surface area contributed by atoms with Gasteiger partial charge >= 0.3 is 5.97 Å². The Bertz CT molecular complexity index is 508. The lowest BCUT2D eigenvalue weighted by atomic mass is 9.74. The second-order valence-corrected chi connectivity index (χ2v) is 5.11. The molecule has 19 heavy (non-hydrogen) atoms. The molecule has 1 heterocycles. The maximum atomic E-state index is 11.5. The Morgan fingerprint density at radius 2 is 2.05 bits per heavy atom. The molecule has 0 saturated carbocycles. The number of nitrogens with two attached hydrogens (primary N) is 1. The van der Waals surface area contributed by atoms with Crippen molar-refractivity contribution in [2.75, 3.05) is 20.3 Å². The van der Waals surface area contributed by atoms with Crippen LogP contribution in [0.4, 0.5) is 0 Å². The van der Waals surface area contributed by atoms with Gasteiger partial charge < -0.3 is 20.3 Å². The first-order valence-corrected chi connectivity index (χ1v) is 6.14. The summed E-state index contributed by atoms with van der Waals surface area (Å²) in [6.45, 7) is 4.15. The molecular formula is C14H19NO4. The number of rotatable bonds is 4. The molecule has 0 radical (unpaired) electrons. The molecule has 1 unspecified atom stereocenters. The average Bonchev–Trinajstić information content (AvgIpc) is 2.29. The Kier molecular flexibility index (Phi) is 3.52. The Balaban J connectivity index is 2.41. The predicted molar refractivity (Wildman–Crippen MR) is 70.3 cm³/mol. The fourth-order valence-corrected chi connectivity index (χ4v) is 2.42. The number of hydrogen-bond acceptors (Lipinski definition) is 4. The molecule has 1 aliphatic rings. The van der Waals surface area contributed by atoms with Gasteiger partial charge in [-0.3, -0.25) is 4.79 Å². The normalized spacial score (nSPS) is 18.5. The van der Waals surface area contributed by atoms with Crippen LogP contribution in [0.1, 0.15) is 22.7 Å². The Morgan fingerprint density at radius 1 is 1.42 bits per heavy atom. The molecule has 1 saturated heterocycles. The van der Waals surface area contributed by atoms with E-state index in [4.69, 9.17) is 15.2 Å². The number of ether oxygens (including phenoxy) is 2. The second kappa shape index (κ2) is 4.83. The van der Waals surface area contributed by atoms with Crippen LogP contribution < -0.4 is 10.5 Å². The van der Waals surface area contributed by atoms with Gasteiger partial charge in [-0.15, -0.1) is 0 Å². The largest absolute Gasteiger partial charge is 0.496 e. The van der Waals surface area contributed by atoms with E-state index in [-0.39, 0.29) is 13.2 Å². The van der Waals surface area contributed by atoms with Gasteiger partial charge in [0.1, 0.15) is 11.2 Å². The van der Waals surface area contributed by atoms with E-state index in [2.05, 4.69) is 0 Å². The molecule has 0 aromatic heterocycles. The van der Waals surface area contributed by atoms with Crippen molar-refractivity contribution in [1.82, 2.24) is 0 Å². The lowest BCUT2D eigenvalue weighted by Gasteiger charge is -2.42. The van der Waals surface area contributed by atoms with E-state index in [0.717, 1.165) is 22.4 Å². The number of carbonyl (C=O) groups is 1. The third kappa shape index (κ3) is 2.09. The summed E-state index contributed by atoms with van der Waals surface area (Å²) in [7, 11) is 1.61. The molecule has 0 bridgehead atoms. The van der Waals surface area contributed by atoms with E-state index in [1.54, 1.807) is 7.11 Å². The molecule has 1 atom stereocenters. The Morgan fingerprint density at radius 3 is 2.47 bits per heavy atom. The van der Waals surface area contributed by atoms with E-state index >= 15 is 0 Å². The zero-order valence-electron chi connectivity index (χ0n) is 11.4. The quantitative estimate of drug-likeness (QED) is 0.860. The summed E-state index contributed by atoms with van der Waals surface area (Å²) in [5.74, 6) is -0.123. The highest BCUT2D eigenvalue weighted by molar-refractivity contribution is 5.77. The molecular weight excluding hydrogens is 246 g/mol. The van der Waals surface area contributed by atoms with Crippen LogP contribution in [0.25, 0.3) is 0 Å². The van der Waals surface area contributed by atoms with Gasteiger partial charge in [-0.05, 0) is 36.6 Å². The number of aryl methyl sites for hydroxylation is 2.